The molecular formula is C24H34N4O2S. The molecule has 2 atom stereocenters. The topological polar surface area (TPSA) is 49.3 Å². The highest BCUT2D eigenvalue weighted by molar-refractivity contribution is 7.10. The number of methoxy groups -OCH3 is 2. The molecule has 7 heteroatoms. The van der Waals surface area contributed by atoms with Crippen molar-refractivity contribution in [1.29, 1.82) is 0 Å². The number of hydrogen-bond donors (Lipinski definition) is 1. The zero-order valence-corrected chi connectivity index (χ0v) is 19.9. The van der Waals surface area contributed by atoms with E-state index in [-0.39, 0.29) is 0 Å². The molecule has 1 N–H and O–H groups in total. The second kappa shape index (κ2) is 9.92. The minimum Gasteiger partial charge on any atom is -0.493 e. The van der Waals surface area contributed by atoms with Crippen LogP contribution in [-0.4, -0.2) is 63.7 Å². The predicted octanol–water partition coefficient (Wildman–Crippen LogP) is 3.78. The normalized spacial score (nSPS) is 22.2. The highest BCUT2D eigenvalue weighted by Gasteiger charge is 2.31. The molecule has 0 amide bonds. The van der Waals surface area contributed by atoms with E-state index in [1.54, 1.807) is 14.2 Å². The second-order valence-electron chi connectivity index (χ2n) is 8.42. The van der Waals surface area contributed by atoms with Gasteiger partial charge in [-0.15, -0.1) is 11.3 Å². The number of fused-ring (bicyclic) bond motifs is 1. The number of nitrogens with zero attached hydrogens (tertiary/aromatic N) is 3. The van der Waals surface area contributed by atoms with Crippen molar-refractivity contribution < 1.29 is 9.47 Å². The number of thiophene rings is 1. The molecule has 0 spiro atoms. The average Bonchev–Trinajstić information content (AvgIpc) is 3.32. The summed E-state index contributed by atoms with van der Waals surface area (Å²) in [5, 5.41) is 5.89. The lowest BCUT2D eigenvalue weighted by molar-refractivity contribution is 0.124. The Labute approximate surface area is 189 Å². The van der Waals surface area contributed by atoms with Crippen LogP contribution in [0.1, 0.15) is 34.9 Å². The number of hydrogen-bond acceptors (Lipinski definition) is 5. The second-order valence-corrected chi connectivity index (χ2v) is 9.40. The van der Waals surface area contributed by atoms with E-state index >= 15 is 0 Å². The van der Waals surface area contributed by atoms with Crippen molar-refractivity contribution in [3.8, 4) is 11.5 Å². The first kappa shape index (κ1) is 22.0. The van der Waals surface area contributed by atoms with Crippen molar-refractivity contribution >= 4 is 17.3 Å². The lowest BCUT2D eigenvalue weighted by atomic mass is 9.88. The molecule has 1 aromatic heterocycles. The van der Waals surface area contributed by atoms with Crippen LogP contribution in [0.25, 0.3) is 0 Å². The fourth-order valence-corrected chi connectivity index (χ4v) is 5.98. The molecule has 168 valence electrons. The van der Waals surface area contributed by atoms with Crippen LogP contribution in [0.2, 0.25) is 0 Å². The van der Waals surface area contributed by atoms with Gasteiger partial charge in [0.15, 0.2) is 17.5 Å². The van der Waals surface area contributed by atoms with Gasteiger partial charge >= 0.3 is 0 Å². The minimum absolute atomic E-state index is 0.484. The fourth-order valence-electron chi connectivity index (χ4n) is 5.00. The van der Waals surface area contributed by atoms with Crippen LogP contribution in [0.4, 0.5) is 0 Å². The zero-order valence-electron chi connectivity index (χ0n) is 19.1. The summed E-state index contributed by atoms with van der Waals surface area (Å²) >= 11 is 1.87. The smallest absolute Gasteiger partial charge is 0.193 e. The molecule has 2 aliphatic rings. The number of likely N-dealkylation sites (tertiary alicyclic amines) is 1. The van der Waals surface area contributed by atoms with Gasteiger partial charge in [0, 0.05) is 37.6 Å². The molecule has 2 aromatic rings. The molecule has 3 heterocycles. The first-order valence-electron chi connectivity index (χ1n) is 11.1. The third-order valence-electron chi connectivity index (χ3n) is 6.59. The molecule has 31 heavy (non-hydrogen) atoms. The van der Waals surface area contributed by atoms with Gasteiger partial charge in [-0.05, 0) is 73.5 Å². The van der Waals surface area contributed by atoms with Crippen LogP contribution in [0, 0.1) is 5.92 Å². The Morgan fingerprint density at radius 3 is 2.65 bits per heavy atom. The number of ether oxygens (including phenoxy) is 2. The molecule has 0 radical (unpaired) electrons. The van der Waals surface area contributed by atoms with Crippen molar-refractivity contribution in [3.63, 3.8) is 0 Å². The third kappa shape index (κ3) is 4.67. The summed E-state index contributed by atoms with van der Waals surface area (Å²) in [7, 11) is 7.53. The standard InChI is InChI=1S/C24H34N4O2S/c1-25-24(26-15-18-7-5-10-27(2)23(18)22-8-6-12-31-22)28-11-9-17-13-20(29-3)21(30-4)14-19(17)16-28/h6,8,12-14,18,23H,5,7,9-11,15-16H2,1-4H3,(H,25,26). The molecule has 1 fully saturated rings. The van der Waals surface area contributed by atoms with Crippen LogP contribution < -0.4 is 14.8 Å². The maximum atomic E-state index is 5.52. The fraction of sp³-hybridized carbons (Fsp3) is 0.542. The molecule has 1 saturated heterocycles. The Balaban J connectivity index is 1.44. The molecular weight excluding hydrogens is 408 g/mol. The molecule has 2 unspecified atom stereocenters. The summed E-state index contributed by atoms with van der Waals surface area (Å²) in [5.41, 5.74) is 2.61. The Hall–Kier alpha value is -2.25. The minimum atomic E-state index is 0.484. The first-order chi connectivity index (χ1) is 15.1. The molecule has 6 nitrogen and oxygen atoms in total. The van der Waals surface area contributed by atoms with Crippen molar-refractivity contribution in [2.24, 2.45) is 10.9 Å². The average molecular weight is 443 g/mol. The number of piperidine rings is 1. The maximum Gasteiger partial charge on any atom is 0.193 e. The monoisotopic (exact) mass is 442 g/mol. The third-order valence-corrected chi connectivity index (χ3v) is 7.54. The summed E-state index contributed by atoms with van der Waals surface area (Å²) in [6.07, 6.45) is 3.47. The largest absolute Gasteiger partial charge is 0.493 e. The van der Waals surface area contributed by atoms with Gasteiger partial charge in [-0.3, -0.25) is 9.89 Å². The van der Waals surface area contributed by atoms with Gasteiger partial charge in [-0.1, -0.05) is 6.07 Å². The highest BCUT2D eigenvalue weighted by atomic mass is 32.1. The zero-order chi connectivity index (χ0) is 21.8. The Bertz CT molecular complexity index is 899. The van der Waals surface area contributed by atoms with Crippen LogP contribution in [0.15, 0.2) is 34.6 Å². The molecule has 0 bridgehead atoms. The van der Waals surface area contributed by atoms with E-state index in [1.165, 1.54) is 35.4 Å². The lowest BCUT2D eigenvalue weighted by Crippen LogP contribution is -2.47. The first-order valence-corrected chi connectivity index (χ1v) is 12.0. The molecule has 0 aliphatic carbocycles. The number of rotatable bonds is 5. The van der Waals surface area contributed by atoms with E-state index in [1.807, 2.05) is 18.4 Å². The molecule has 0 saturated carbocycles. The van der Waals surface area contributed by atoms with E-state index in [0.717, 1.165) is 43.5 Å². The SMILES string of the molecule is CN=C(NCC1CCCN(C)C1c1cccs1)N1CCc2cc(OC)c(OC)cc2C1. The number of nitrogens with one attached hydrogen (secondary N) is 1. The van der Waals surface area contributed by atoms with E-state index in [4.69, 9.17) is 9.47 Å². The van der Waals surface area contributed by atoms with Gasteiger partial charge in [0.25, 0.3) is 0 Å². The highest BCUT2D eigenvalue weighted by Crippen LogP contribution is 2.37. The summed E-state index contributed by atoms with van der Waals surface area (Å²) in [6, 6.07) is 9.16. The summed E-state index contributed by atoms with van der Waals surface area (Å²) < 4.78 is 11.0. The number of aliphatic imine (C=N–C) groups is 1. The number of benzene rings is 1. The quantitative estimate of drug-likeness (QED) is 0.564. The molecule has 4 rings (SSSR count). The van der Waals surface area contributed by atoms with Crippen molar-refractivity contribution in [2.75, 3.05) is 47.9 Å². The van der Waals surface area contributed by atoms with E-state index in [0.29, 0.717) is 12.0 Å². The van der Waals surface area contributed by atoms with E-state index in [9.17, 15) is 0 Å². The van der Waals surface area contributed by atoms with Crippen molar-refractivity contribution in [3.05, 3.63) is 45.6 Å². The van der Waals surface area contributed by atoms with Crippen LogP contribution in [0.5, 0.6) is 11.5 Å². The maximum absolute atomic E-state index is 5.52. The lowest BCUT2D eigenvalue weighted by Gasteiger charge is -2.40. The van der Waals surface area contributed by atoms with Gasteiger partial charge in [-0.2, -0.15) is 0 Å². The van der Waals surface area contributed by atoms with Crippen LogP contribution in [-0.2, 0) is 13.0 Å². The summed E-state index contributed by atoms with van der Waals surface area (Å²) in [5.74, 6) is 3.16. The van der Waals surface area contributed by atoms with Crippen LogP contribution >= 0.6 is 11.3 Å². The Kier molecular flexibility index (Phi) is 7.02. The molecule has 1 aromatic carbocycles. The number of guanidine groups is 1. The van der Waals surface area contributed by atoms with Crippen molar-refractivity contribution in [2.45, 2.75) is 31.8 Å². The van der Waals surface area contributed by atoms with Gasteiger partial charge in [0.1, 0.15) is 0 Å². The van der Waals surface area contributed by atoms with Crippen LogP contribution in [0.3, 0.4) is 0 Å². The van der Waals surface area contributed by atoms with E-state index in [2.05, 4.69) is 56.8 Å². The van der Waals surface area contributed by atoms with Gasteiger partial charge in [0.2, 0.25) is 0 Å². The Morgan fingerprint density at radius 1 is 1.19 bits per heavy atom. The van der Waals surface area contributed by atoms with E-state index < -0.39 is 0 Å². The summed E-state index contributed by atoms with van der Waals surface area (Å²) in [4.78, 5) is 10.9. The molecule has 2 aliphatic heterocycles. The van der Waals surface area contributed by atoms with Gasteiger partial charge in [0.05, 0.1) is 14.2 Å². The Morgan fingerprint density at radius 2 is 1.97 bits per heavy atom. The van der Waals surface area contributed by atoms with Gasteiger partial charge < -0.3 is 19.7 Å². The summed E-state index contributed by atoms with van der Waals surface area (Å²) in [6.45, 7) is 3.88. The van der Waals surface area contributed by atoms with Crippen molar-refractivity contribution in [1.82, 2.24) is 15.1 Å². The predicted molar refractivity (Wildman–Crippen MR) is 127 cm³/mol. The van der Waals surface area contributed by atoms with Gasteiger partial charge in [-0.25, -0.2) is 0 Å².